The molecule has 2 aromatic rings. The second-order valence-electron chi connectivity index (χ2n) is 5.96. The third kappa shape index (κ3) is 3.20. The van der Waals surface area contributed by atoms with Gasteiger partial charge in [-0.05, 0) is 36.1 Å². The maximum atomic E-state index is 5.76. The molecule has 1 aromatic carbocycles. The Morgan fingerprint density at radius 2 is 2.23 bits per heavy atom. The second-order valence-corrected chi connectivity index (χ2v) is 5.96. The molecule has 0 unspecified atom stereocenters. The van der Waals surface area contributed by atoms with E-state index in [0.717, 1.165) is 31.1 Å². The molecule has 5 nitrogen and oxygen atoms in total. The molecule has 116 valence electrons. The zero-order chi connectivity index (χ0) is 15.5. The Kier molecular flexibility index (Phi) is 4.24. The maximum Gasteiger partial charge on any atom is 0.144 e. The number of hydrogen-bond acceptors (Lipinski definition) is 5. The average Bonchev–Trinajstić information content (AvgIpc) is 2.88. The van der Waals surface area contributed by atoms with Crippen molar-refractivity contribution in [1.29, 1.82) is 0 Å². The van der Waals surface area contributed by atoms with Gasteiger partial charge >= 0.3 is 0 Å². The Labute approximate surface area is 131 Å². The van der Waals surface area contributed by atoms with Crippen LogP contribution in [0.25, 0.3) is 0 Å². The van der Waals surface area contributed by atoms with Crippen molar-refractivity contribution < 1.29 is 4.74 Å². The first kappa shape index (κ1) is 14.8. The van der Waals surface area contributed by atoms with Crippen LogP contribution in [0, 0.1) is 5.92 Å². The van der Waals surface area contributed by atoms with Crippen molar-refractivity contribution in [3.8, 4) is 5.75 Å². The smallest absolute Gasteiger partial charge is 0.144 e. The van der Waals surface area contributed by atoms with Gasteiger partial charge in [0, 0.05) is 18.8 Å². The number of benzene rings is 1. The van der Waals surface area contributed by atoms with Crippen molar-refractivity contribution in [2.45, 2.75) is 25.9 Å². The standard InChI is InChI=1S/C17H22N4O/c1-12-8-15(13-4-3-5-14(9-13)22-2)21(10-12)11-17-19-7-6-16(18)20-17/h3-7,9,12,15H,8,10-11H2,1-2H3,(H2,18,19,20)/t12-,15+/m0/s1. The van der Waals surface area contributed by atoms with Gasteiger partial charge in [-0.1, -0.05) is 19.1 Å². The summed E-state index contributed by atoms with van der Waals surface area (Å²) in [6.07, 6.45) is 2.85. The van der Waals surface area contributed by atoms with E-state index in [1.54, 1.807) is 19.4 Å². The molecule has 0 saturated carbocycles. The van der Waals surface area contributed by atoms with E-state index in [-0.39, 0.29) is 0 Å². The summed E-state index contributed by atoms with van der Waals surface area (Å²) in [5.74, 6) is 2.85. The number of aromatic nitrogens is 2. The van der Waals surface area contributed by atoms with E-state index in [1.807, 2.05) is 12.1 Å². The molecule has 2 heterocycles. The maximum absolute atomic E-state index is 5.76. The zero-order valence-electron chi connectivity index (χ0n) is 13.1. The summed E-state index contributed by atoms with van der Waals surface area (Å²) in [6.45, 7) is 4.05. The highest BCUT2D eigenvalue weighted by Crippen LogP contribution is 2.37. The minimum Gasteiger partial charge on any atom is -0.497 e. The van der Waals surface area contributed by atoms with Crippen LogP contribution >= 0.6 is 0 Å². The zero-order valence-corrected chi connectivity index (χ0v) is 13.1. The summed E-state index contributed by atoms with van der Waals surface area (Å²) < 4.78 is 5.35. The van der Waals surface area contributed by atoms with Crippen LogP contribution in [0.2, 0.25) is 0 Å². The van der Waals surface area contributed by atoms with Gasteiger partial charge in [0.2, 0.25) is 0 Å². The molecule has 2 N–H and O–H groups in total. The largest absolute Gasteiger partial charge is 0.497 e. The van der Waals surface area contributed by atoms with E-state index < -0.39 is 0 Å². The molecule has 3 rings (SSSR count). The highest BCUT2D eigenvalue weighted by Gasteiger charge is 2.31. The Bertz CT molecular complexity index is 646. The number of nitrogens with zero attached hydrogens (tertiary/aromatic N) is 3. The number of methoxy groups -OCH3 is 1. The SMILES string of the molecule is COc1cccc([C@H]2C[C@H](C)CN2Cc2nccc(N)n2)c1. The normalized spacial score (nSPS) is 21.9. The number of likely N-dealkylation sites (tertiary alicyclic amines) is 1. The van der Waals surface area contributed by atoms with Gasteiger partial charge in [0.1, 0.15) is 17.4 Å². The fourth-order valence-electron chi connectivity index (χ4n) is 3.18. The van der Waals surface area contributed by atoms with Crippen LogP contribution in [0.15, 0.2) is 36.5 Å². The molecular weight excluding hydrogens is 276 g/mol. The van der Waals surface area contributed by atoms with E-state index in [1.165, 1.54) is 5.56 Å². The average molecular weight is 298 g/mol. The van der Waals surface area contributed by atoms with Crippen LogP contribution < -0.4 is 10.5 Å². The third-order valence-corrected chi connectivity index (χ3v) is 4.16. The number of hydrogen-bond donors (Lipinski definition) is 1. The van der Waals surface area contributed by atoms with Crippen LogP contribution in [0.5, 0.6) is 5.75 Å². The van der Waals surface area contributed by atoms with Gasteiger partial charge in [0.25, 0.3) is 0 Å². The van der Waals surface area contributed by atoms with Crippen molar-refractivity contribution in [2.24, 2.45) is 5.92 Å². The number of rotatable bonds is 4. The molecule has 0 spiro atoms. The van der Waals surface area contributed by atoms with E-state index in [2.05, 4.69) is 33.9 Å². The van der Waals surface area contributed by atoms with E-state index in [4.69, 9.17) is 10.5 Å². The topological polar surface area (TPSA) is 64.3 Å². The molecule has 1 aliphatic rings. The molecule has 0 radical (unpaired) electrons. The lowest BCUT2D eigenvalue weighted by molar-refractivity contribution is 0.239. The molecule has 1 aromatic heterocycles. The first-order valence-corrected chi connectivity index (χ1v) is 7.61. The van der Waals surface area contributed by atoms with Crippen LogP contribution in [-0.2, 0) is 6.54 Å². The summed E-state index contributed by atoms with van der Waals surface area (Å²) in [4.78, 5) is 11.1. The predicted octanol–water partition coefficient (Wildman–Crippen LogP) is 2.65. The van der Waals surface area contributed by atoms with Gasteiger partial charge in [-0.2, -0.15) is 0 Å². The van der Waals surface area contributed by atoms with Gasteiger partial charge in [0.15, 0.2) is 0 Å². The van der Waals surface area contributed by atoms with Crippen LogP contribution in [0.3, 0.4) is 0 Å². The lowest BCUT2D eigenvalue weighted by Gasteiger charge is -2.24. The summed E-state index contributed by atoms with van der Waals surface area (Å²) in [7, 11) is 1.70. The fraction of sp³-hybridized carbons (Fsp3) is 0.412. The van der Waals surface area contributed by atoms with E-state index >= 15 is 0 Å². The second kappa shape index (κ2) is 6.32. The highest BCUT2D eigenvalue weighted by molar-refractivity contribution is 5.31. The Morgan fingerprint density at radius 1 is 1.36 bits per heavy atom. The van der Waals surface area contributed by atoms with Gasteiger partial charge in [-0.25, -0.2) is 9.97 Å². The van der Waals surface area contributed by atoms with Crippen molar-refractivity contribution in [3.63, 3.8) is 0 Å². The van der Waals surface area contributed by atoms with Crippen molar-refractivity contribution in [2.75, 3.05) is 19.4 Å². The molecule has 22 heavy (non-hydrogen) atoms. The summed E-state index contributed by atoms with van der Waals surface area (Å²) in [5.41, 5.74) is 7.04. The van der Waals surface area contributed by atoms with Gasteiger partial charge in [-0.3, -0.25) is 4.90 Å². The van der Waals surface area contributed by atoms with E-state index in [0.29, 0.717) is 17.8 Å². The fourth-order valence-corrected chi connectivity index (χ4v) is 3.18. The lowest BCUT2D eigenvalue weighted by Crippen LogP contribution is -2.24. The number of ether oxygens (including phenoxy) is 1. The monoisotopic (exact) mass is 298 g/mol. The Balaban J connectivity index is 1.82. The Morgan fingerprint density at radius 3 is 3.00 bits per heavy atom. The molecule has 0 amide bonds. The number of nitrogen functional groups attached to an aromatic ring is 1. The molecule has 1 aliphatic heterocycles. The Hall–Kier alpha value is -2.14. The molecule has 0 bridgehead atoms. The van der Waals surface area contributed by atoms with Gasteiger partial charge in [0.05, 0.1) is 13.7 Å². The van der Waals surface area contributed by atoms with E-state index in [9.17, 15) is 0 Å². The van der Waals surface area contributed by atoms with Crippen LogP contribution in [0.4, 0.5) is 5.82 Å². The predicted molar refractivity (Wildman–Crippen MR) is 86.4 cm³/mol. The molecule has 0 aliphatic carbocycles. The van der Waals surface area contributed by atoms with Crippen LogP contribution in [-0.4, -0.2) is 28.5 Å². The van der Waals surface area contributed by atoms with Gasteiger partial charge in [-0.15, -0.1) is 0 Å². The summed E-state index contributed by atoms with van der Waals surface area (Å²) in [5, 5.41) is 0. The number of anilines is 1. The molecule has 2 atom stereocenters. The van der Waals surface area contributed by atoms with Crippen LogP contribution in [0.1, 0.15) is 30.8 Å². The molecule has 1 saturated heterocycles. The lowest BCUT2D eigenvalue weighted by atomic mass is 10.0. The highest BCUT2D eigenvalue weighted by atomic mass is 16.5. The quantitative estimate of drug-likeness (QED) is 0.940. The molecular formula is C17H22N4O. The minimum absolute atomic E-state index is 0.370. The van der Waals surface area contributed by atoms with Crippen molar-refractivity contribution >= 4 is 5.82 Å². The first-order chi connectivity index (χ1) is 10.7. The van der Waals surface area contributed by atoms with Gasteiger partial charge < -0.3 is 10.5 Å². The molecule has 1 fully saturated rings. The molecule has 5 heteroatoms. The minimum atomic E-state index is 0.370. The van der Waals surface area contributed by atoms with Crippen molar-refractivity contribution in [3.05, 3.63) is 47.9 Å². The van der Waals surface area contributed by atoms with Crippen molar-refractivity contribution in [1.82, 2.24) is 14.9 Å². The summed E-state index contributed by atoms with van der Waals surface area (Å²) >= 11 is 0. The third-order valence-electron chi connectivity index (χ3n) is 4.16. The number of nitrogens with two attached hydrogens (primary N) is 1. The first-order valence-electron chi connectivity index (χ1n) is 7.61. The summed E-state index contributed by atoms with van der Waals surface area (Å²) in [6, 6.07) is 10.4.